The Hall–Kier alpha value is -2.70. The molecule has 2 atom stereocenters. The summed E-state index contributed by atoms with van der Waals surface area (Å²) in [4.78, 5) is 38.3. The van der Waals surface area contributed by atoms with Crippen molar-refractivity contribution in [2.45, 2.75) is 26.8 Å². The summed E-state index contributed by atoms with van der Waals surface area (Å²) in [7, 11) is 0. The fourth-order valence-electron chi connectivity index (χ4n) is 3.00. The van der Waals surface area contributed by atoms with Crippen LogP contribution in [0.25, 0.3) is 0 Å². The molecule has 7 nitrogen and oxygen atoms in total. The fraction of sp³-hybridized carbons (Fsp3) is 0.375. The zero-order valence-electron chi connectivity index (χ0n) is 13.1. The molecule has 1 N–H and O–H groups in total. The number of esters is 1. The number of rotatable bonds is 3. The maximum absolute atomic E-state index is 12.7. The Morgan fingerprint density at radius 1 is 1.22 bits per heavy atom. The third kappa shape index (κ3) is 2.38. The Kier molecular flexibility index (Phi) is 3.63. The fourth-order valence-corrected chi connectivity index (χ4v) is 3.00. The molecule has 0 aromatic heterocycles. The highest BCUT2D eigenvalue weighted by atomic mass is 16.5. The van der Waals surface area contributed by atoms with E-state index >= 15 is 0 Å². The Bertz CT molecular complexity index is 721. The molecule has 2 heterocycles. The van der Waals surface area contributed by atoms with E-state index in [0.717, 1.165) is 16.0 Å². The summed E-state index contributed by atoms with van der Waals surface area (Å²) in [5.41, 5.74) is 4.96. The normalized spacial score (nSPS) is 22.7. The largest absolute Gasteiger partial charge is 0.461 e. The molecule has 1 fully saturated rings. The molecule has 2 aliphatic heterocycles. The molecular formula is C16H17N3O4. The molecule has 1 aromatic carbocycles. The van der Waals surface area contributed by atoms with Gasteiger partial charge in [0.05, 0.1) is 12.3 Å². The van der Waals surface area contributed by atoms with E-state index in [2.05, 4.69) is 10.5 Å². The number of carbonyl (C=O) groups excluding carboxylic acids is 3. The molecule has 1 aromatic rings. The van der Waals surface area contributed by atoms with Gasteiger partial charge in [-0.2, -0.15) is 5.10 Å². The molecule has 2 aliphatic rings. The van der Waals surface area contributed by atoms with Crippen molar-refractivity contribution in [3.05, 3.63) is 29.3 Å². The number of hydrogen-bond acceptors (Lipinski definition) is 6. The van der Waals surface area contributed by atoms with E-state index in [-0.39, 0.29) is 12.3 Å². The van der Waals surface area contributed by atoms with Crippen LogP contribution in [-0.2, 0) is 19.1 Å². The van der Waals surface area contributed by atoms with Crippen LogP contribution < -0.4 is 10.3 Å². The second kappa shape index (κ2) is 5.49. The minimum Gasteiger partial charge on any atom is -0.461 e. The number of amides is 2. The van der Waals surface area contributed by atoms with Gasteiger partial charge < -0.3 is 4.74 Å². The van der Waals surface area contributed by atoms with Gasteiger partial charge in [0.25, 0.3) is 5.91 Å². The van der Waals surface area contributed by atoms with Gasteiger partial charge in [0.15, 0.2) is 5.71 Å². The lowest BCUT2D eigenvalue weighted by Crippen LogP contribution is -2.36. The van der Waals surface area contributed by atoms with E-state index in [9.17, 15) is 14.4 Å². The Morgan fingerprint density at radius 2 is 1.87 bits per heavy atom. The Morgan fingerprint density at radius 3 is 2.48 bits per heavy atom. The van der Waals surface area contributed by atoms with E-state index in [1.165, 1.54) is 0 Å². The van der Waals surface area contributed by atoms with Crippen molar-refractivity contribution >= 4 is 29.2 Å². The molecule has 2 amide bonds. The Balaban J connectivity index is 1.95. The number of nitrogens with one attached hydrogen (secondary N) is 1. The first kappa shape index (κ1) is 15.2. The summed E-state index contributed by atoms with van der Waals surface area (Å²) in [5.74, 6) is -2.46. The molecule has 0 radical (unpaired) electrons. The topological polar surface area (TPSA) is 88.1 Å². The Labute approximate surface area is 133 Å². The van der Waals surface area contributed by atoms with Crippen molar-refractivity contribution in [3.8, 4) is 0 Å². The molecule has 0 aliphatic carbocycles. The summed E-state index contributed by atoms with van der Waals surface area (Å²) >= 11 is 0. The highest BCUT2D eigenvalue weighted by Crippen LogP contribution is 2.31. The molecule has 3 rings (SSSR count). The lowest BCUT2D eigenvalue weighted by Gasteiger charge is -2.17. The number of carbonyl (C=O) groups is 3. The number of hydrazone groups is 1. The monoisotopic (exact) mass is 315 g/mol. The third-order valence-electron chi connectivity index (χ3n) is 3.87. The van der Waals surface area contributed by atoms with Crippen molar-refractivity contribution in [2.75, 3.05) is 11.5 Å². The lowest BCUT2D eigenvalue weighted by molar-refractivity contribution is -0.136. The van der Waals surface area contributed by atoms with Gasteiger partial charge in [0, 0.05) is 0 Å². The first-order valence-electron chi connectivity index (χ1n) is 7.40. The van der Waals surface area contributed by atoms with Crippen LogP contribution in [0.2, 0.25) is 0 Å². The predicted octanol–water partition coefficient (Wildman–Crippen LogP) is 0.684. The minimum absolute atomic E-state index is 0.0397. The average molecular weight is 315 g/mol. The highest BCUT2D eigenvalue weighted by molar-refractivity contribution is 6.46. The average Bonchev–Trinajstić information content (AvgIpc) is 2.99. The number of aryl methyl sites for hydroxylation is 2. The minimum atomic E-state index is -0.928. The second-order valence-corrected chi connectivity index (χ2v) is 5.66. The summed E-state index contributed by atoms with van der Waals surface area (Å²) in [6, 6.07) is 4.65. The molecule has 0 saturated carbocycles. The molecule has 7 heteroatoms. The van der Waals surface area contributed by atoms with Crippen molar-refractivity contribution in [1.82, 2.24) is 5.43 Å². The van der Waals surface area contributed by atoms with Crippen molar-refractivity contribution in [3.63, 3.8) is 0 Å². The third-order valence-corrected chi connectivity index (χ3v) is 3.87. The van der Waals surface area contributed by atoms with Crippen LogP contribution in [-0.4, -0.2) is 36.1 Å². The summed E-state index contributed by atoms with van der Waals surface area (Å²) in [6.45, 7) is 5.64. The summed E-state index contributed by atoms with van der Waals surface area (Å²) in [6.07, 6.45) is 0. The first-order chi connectivity index (χ1) is 10.9. The van der Waals surface area contributed by atoms with Crippen molar-refractivity contribution in [2.24, 2.45) is 11.0 Å². The molecule has 0 bridgehead atoms. The maximum Gasteiger partial charge on any atom is 0.355 e. The van der Waals surface area contributed by atoms with E-state index in [1.54, 1.807) is 19.1 Å². The van der Waals surface area contributed by atoms with Crippen LogP contribution in [0.3, 0.4) is 0 Å². The number of hydrogen-bond donors (Lipinski definition) is 1. The van der Waals surface area contributed by atoms with Gasteiger partial charge in [0.1, 0.15) is 12.0 Å². The van der Waals surface area contributed by atoms with Crippen LogP contribution in [0.15, 0.2) is 23.3 Å². The number of benzene rings is 1. The molecule has 0 spiro atoms. The van der Waals surface area contributed by atoms with E-state index in [4.69, 9.17) is 4.74 Å². The quantitative estimate of drug-likeness (QED) is 0.655. The van der Waals surface area contributed by atoms with Gasteiger partial charge in [-0.15, -0.1) is 0 Å². The standard InChI is InChI=1S/C16H17N3O4/c1-4-23-16(22)13-11-12(17-18-13)15(21)19(14(11)20)10-6-8(2)5-9(3)7-10/h5-7,11-12,17H,4H2,1-3H3/t11-,12+/m0/s1. The van der Waals surface area contributed by atoms with Gasteiger partial charge >= 0.3 is 5.97 Å². The number of imide groups is 1. The van der Waals surface area contributed by atoms with Crippen molar-refractivity contribution in [1.29, 1.82) is 0 Å². The molecule has 120 valence electrons. The number of ether oxygens (including phenoxy) is 1. The number of fused-ring (bicyclic) bond motifs is 1. The maximum atomic E-state index is 12.7. The highest BCUT2D eigenvalue weighted by Gasteiger charge is 2.55. The molecule has 1 saturated heterocycles. The van der Waals surface area contributed by atoms with Gasteiger partial charge in [-0.1, -0.05) is 6.07 Å². The first-order valence-corrected chi connectivity index (χ1v) is 7.40. The second-order valence-electron chi connectivity index (χ2n) is 5.66. The SMILES string of the molecule is CCOC(=O)C1=NN[C@H]2C(=O)N(c3cc(C)cc(C)c3)C(=O)[C@H]12. The summed E-state index contributed by atoms with van der Waals surface area (Å²) < 4.78 is 4.90. The lowest BCUT2D eigenvalue weighted by atomic mass is 9.99. The zero-order chi connectivity index (χ0) is 16.7. The molecule has 23 heavy (non-hydrogen) atoms. The smallest absolute Gasteiger partial charge is 0.355 e. The van der Waals surface area contributed by atoms with Crippen LogP contribution >= 0.6 is 0 Å². The summed E-state index contributed by atoms with van der Waals surface area (Å²) in [5, 5.41) is 3.83. The molecule has 0 unspecified atom stereocenters. The molecular weight excluding hydrogens is 298 g/mol. The van der Waals surface area contributed by atoms with Crippen molar-refractivity contribution < 1.29 is 19.1 Å². The van der Waals surface area contributed by atoms with E-state index < -0.39 is 29.7 Å². The van der Waals surface area contributed by atoms with Gasteiger partial charge in [0.2, 0.25) is 5.91 Å². The van der Waals surface area contributed by atoms with Crippen LogP contribution in [0.4, 0.5) is 5.69 Å². The van der Waals surface area contributed by atoms with E-state index in [1.807, 2.05) is 19.9 Å². The van der Waals surface area contributed by atoms with Gasteiger partial charge in [-0.25, -0.2) is 9.69 Å². The predicted molar refractivity (Wildman–Crippen MR) is 82.9 cm³/mol. The number of nitrogens with zero attached hydrogens (tertiary/aromatic N) is 2. The van der Waals surface area contributed by atoms with Crippen LogP contribution in [0, 0.1) is 19.8 Å². The van der Waals surface area contributed by atoms with Crippen LogP contribution in [0.5, 0.6) is 0 Å². The van der Waals surface area contributed by atoms with Crippen LogP contribution in [0.1, 0.15) is 18.1 Å². The number of anilines is 1. The zero-order valence-corrected chi connectivity index (χ0v) is 13.1. The van der Waals surface area contributed by atoms with Gasteiger partial charge in [-0.3, -0.25) is 15.0 Å². The van der Waals surface area contributed by atoms with E-state index in [0.29, 0.717) is 5.69 Å². The van der Waals surface area contributed by atoms with Gasteiger partial charge in [-0.05, 0) is 44.0 Å².